The van der Waals surface area contributed by atoms with Gasteiger partial charge in [0.05, 0.1) is 5.60 Å². The Morgan fingerprint density at radius 2 is 2.12 bits per heavy atom. The summed E-state index contributed by atoms with van der Waals surface area (Å²) in [4.78, 5) is 0. The van der Waals surface area contributed by atoms with Gasteiger partial charge in [0.15, 0.2) is 0 Å². The molecule has 1 aromatic carbocycles. The normalized spacial score (nSPS) is 23.6. The molecular formula is C15H23NO. The molecule has 2 heteroatoms. The van der Waals surface area contributed by atoms with Crippen molar-refractivity contribution in [3.63, 3.8) is 0 Å². The van der Waals surface area contributed by atoms with Gasteiger partial charge in [-0.15, -0.1) is 0 Å². The van der Waals surface area contributed by atoms with Crippen LogP contribution in [0.5, 0.6) is 0 Å². The van der Waals surface area contributed by atoms with Gasteiger partial charge in [-0.25, -0.2) is 0 Å². The van der Waals surface area contributed by atoms with Gasteiger partial charge < -0.3 is 10.1 Å². The van der Waals surface area contributed by atoms with Gasteiger partial charge in [-0.2, -0.15) is 0 Å². The molecule has 17 heavy (non-hydrogen) atoms. The van der Waals surface area contributed by atoms with E-state index in [-0.39, 0.29) is 5.60 Å². The Labute approximate surface area is 104 Å². The number of rotatable bonds is 3. The van der Waals surface area contributed by atoms with Gasteiger partial charge in [0.25, 0.3) is 0 Å². The molecule has 1 aliphatic heterocycles. The molecule has 2 rings (SSSR count). The van der Waals surface area contributed by atoms with Crippen LogP contribution >= 0.6 is 0 Å². The third kappa shape index (κ3) is 3.55. The summed E-state index contributed by atoms with van der Waals surface area (Å²) in [6.45, 7) is 8.36. The second-order valence-electron chi connectivity index (χ2n) is 5.61. The zero-order chi connectivity index (χ0) is 12.3. The first-order valence-corrected chi connectivity index (χ1v) is 6.49. The first-order chi connectivity index (χ1) is 8.07. The third-order valence-corrected chi connectivity index (χ3v) is 3.54. The van der Waals surface area contributed by atoms with Crippen LogP contribution in [-0.4, -0.2) is 18.2 Å². The van der Waals surface area contributed by atoms with Crippen LogP contribution in [0.4, 0.5) is 0 Å². The van der Waals surface area contributed by atoms with Crippen molar-refractivity contribution in [2.45, 2.75) is 51.8 Å². The van der Waals surface area contributed by atoms with Crippen LogP contribution in [0.3, 0.4) is 0 Å². The number of nitrogens with one attached hydrogen (secondary N) is 1. The Morgan fingerprint density at radius 3 is 2.82 bits per heavy atom. The van der Waals surface area contributed by atoms with E-state index in [0.717, 1.165) is 26.0 Å². The van der Waals surface area contributed by atoms with E-state index in [4.69, 9.17) is 4.74 Å². The lowest BCUT2D eigenvalue weighted by molar-refractivity contribution is -0.0630. The van der Waals surface area contributed by atoms with Crippen molar-refractivity contribution in [2.75, 3.05) is 6.61 Å². The van der Waals surface area contributed by atoms with Crippen molar-refractivity contribution in [1.82, 2.24) is 5.32 Å². The number of benzene rings is 1. The molecule has 1 aromatic rings. The number of hydrogen-bond acceptors (Lipinski definition) is 2. The van der Waals surface area contributed by atoms with Gasteiger partial charge in [0.1, 0.15) is 0 Å². The lowest BCUT2D eigenvalue weighted by Crippen LogP contribution is -2.43. The van der Waals surface area contributed by atoms with Crippen molar-refractivity contribution in [3.05, 3.63) is 35.4 Å². The fraction of sp³-hybridized carbons (Fsp3) is 0.600. The molecule has 94 valence electrons. The highest BCUT2D eigenvalue weighted by atomic mass is 16.5. The molecule has 1 N–H and O–H groups in total. The van der Waals surface area contributed by atoms with E-state index in [9.17, 15) is 0 Å². The zero-order valence-electron chi connectivity index (χ0n) is 11.1. The first-order valence-electron chi connectivity index (χ1n) is 6.49. The summed E-state index contributed by atoms with van der Waals surface area (Å²) >= 11 is 0. The van der Waals surface area contributed by atoms with E-state index in [2.05, 4.69) is 50.4 Å². The van der Waals surface area contributed by atoms with Gasteiger partial charge in [-0.05, 0) is 44.7 Å². The van der Waals surface area contributed by atoms with Gasteiger partial charge in [-0.1, -0.05) is 24.3 Å². The Balaban J connectivity index is 1.88. The number of hydrogen-bond donors (Lipinski definition) is 1. The molecule has 1 aliphatic rings. The molecule has 1 heterocycles. The van der Waals surface area contributed by atoms with Gasteiger partial charge >= 0.3 is 0 Å². The molecule has 0 aromatic heterocycles. The summed E-state index contributed by atoms with van der Waals surface area (Å²) < 4.78 is 5.73. The Bertz CT molecular complexity index is 373. The van der Waals surface area contributed by atoms with Crippen LogP contribution in [0.1, 0.15) is 37.8 Å². The number of ether oxygens (including phenoxy) is 1. The highest BCUT2D eigenvalue weighted by Crippen LogP contribution is 2.24. The molecule has 0 bridgehead atoms. The Kier molecular flexibility index (Phi) is 3.85. The maximum Gasteiger partial charge on any atom is 0.0641 e. The van der Waals surface area contributed by atoms with Crippen LogP contribution in [0, 0.1) is 6.92 Å². The third-order valence-electron chi connectivity index (χ3n) is 3.54. The topological polar surface area (TPSA) is 21.3 Å². The lowest BCUT2D eigenvalue weighted by Gasteiger charge is -2.36. The maximum atomic E-state index is 5.73. The summed E-state index contributed by atoms with van der Waals surface area (Å²) in [6.07, 6.45) is 2.22. The quantitative estimate of drug-likeness (QED) is 0.866. The summed E-state index contributed by atoms with van der Waals surface area (Å²) in [7, 11) is 0. The molecule has 0 spiro atoms. The smallest absolute Gasteiger partial charge is 0.0641 e. The van der Waals surface area contributed by atoms with Crippen molar-refractivity contribution in [1.29, 1.82) is 0 Å². The molecule has 0 radical (unpaired) electrons. The van der Waals surface area contributed by atoms with Crippen molar-refractivity contribution in [3.8, 4) is 0 Å². The van der Waals surface area contributed by atoms with Crippen molar-refractivity contribution < 1.29 is 4.74 Å². The van der Waals surface area contributed by atoms with E-state index in [1.54, 1.807) is 0 Å². The minimum absolute atomic E-state index is 0.0294. The fourth-order valence-corrected chi connectivity index (χ4v) is 2.47. The lowest BCUT2D eigenvalue weighted by atomic mass is 9.93. The highest BCUT2D eigenvalue weighted by molar-refractivity contribution is 5.25. The van der Waals surface area contributed by atoms with E-state index in [1.165, 1.54) is 11.1 Å². The minimum atomic E-state index is 0.0294. The minimum Gasteiger partial charge on any atom is -0.375 e. The highest BCUT2D eigenvalue weighted by Gasteiger charge is 2.28. The molecule has 1 saturated heterocycles. The molecular weight excluding hydrogens is 210 g/mol. The first kappa shape index (κ1) is 12.6. The predicted octanol–water partition coefficient (Wildman–Crippen LogP) is 3.04. The van der Waals surface area contributed by atoms with Crippen LogP contribution in [0.2, 0.25) is 0 Å². The zero-order valence-corrected chi connectivity index (χ0v) is 11.1. The van der Waals surface area contributed by atoms with Crippen molar-refractivity contribution >= 4 is 0 Å². The summed E-state index contributed by atoms with van der Waals surface area (Å²) in [5.41, 5.74) is 2.80. The second-order valence-corrected chi connectivity index (χ2v) is 5.61. The van der Waals surface area contributed by atoms with E-state index >= 15 is 0 Å². The van der Waals surface area contributed by atoms with Crippen LogP contribution in [-0.2, 0) is 11.3 Å². The van der Waals surface area contributed by atoms with Crippen LogP contribution < -0.4 is 5.32 Å². The fourth-order valence-electron chi connectivity index (χ4n) is 2.47. The second kappa shape index (κ2) is 5.19. The average molecular weight is 233 g/mol. The summed E-state index contributed by atoms with van der Waals surface area (Å²) in [5, 5.41) is 3.65. The standard InChI is InChI=1S/C15H23NO/c1-12-6-4-5-7-13(12)11-16-14-8-9-17-15(2,3)10-14/h4-7,14,16H,8-11H2,1-3H3. The molecule has 1 atom stereocenters. The van der Waals surface area contributed by atoms with Crippen LogP contribution in [0.15, 0.2) is 24.3 Å². The van der Waals surface area contributed by atoms with Crippen molar-refractivity contribution in [2.24, 2.45) is 0 Å². The summed E-state index contributed by atoms with van der Waals surface area (Å²) in [6, 6.07) is 9.16. The van der Waals surface area contributed by atoms with E-state index < -0.39 is 0 Å². The van der Waals surface area contributed by atoms with E-state index in [0.29, 0.717) is 6.04 Å². The monoisotopic (exact) mass is 233 g/mol. The van der Waals surface area contributed by atoms with E-state index in [1.807, 2.05) is 0 Å². The maximum absolute atomic E-state index is 5.73. The van der Waals surface area contributed by atoms with Gasteiger partial charge in [0.2, 0.25) is 0 Å². The molecule has 0 saturated carbocycles. The van der Waals surface area contributed by atoms with Crippen LogP contribution in [0.25, 0.3) is 0 Å². The predicted molar refractivity (Wildman–Crippen MR) is 71.1 cm³/mol. The largest absolute Gasteiger partial charge is 0.375 e. The molecule has 1 unspecified atom stereocenters. The van der Waals surface area contributed by atoms with Gasteiger partial charge in [0, 0.05) is 19.2 Å². The molecule has 1 fully saturated rings. The molecule has 0 aliphatic carbocycles. The average Bonchev–Trinajstić information content (AvgIpc) is 2.27. The summed E-state index contributed by atoms with van der Waals surface area (Å²) in [5.74, 6) is 0. The molecule has 0 amide bonds. The SMILES string of the molecule is Cc1ccccc1CNC1CCOC(C)(C)C1. The van der Waals surface area contributed by atoms with Gasteiger partial charge in [-0.3, -0.25) is 0 Å². The Hall–Kier alpha value is -0.860. The Morgan fingerprint density at radius 1 is 1.35 bits per heavy atom. The number of aryl methyl sites for hydroxylation is 1. The molecule has 2 nitrogen and oxygen atoms in total.